The average molecular weight is 318 g/mol. The Bertz CT molecular complexity index is 783. The highest BCUT2D eigenvalue weighted by Crippen LogP contribution is 2.29. The molecule has 0 spiro atoms. The molecule has 0 amide bonds. The van der Waals surface area contributed by atoms with Crippen LogP contribution in [0.3, 0.4) is 0 Å². The number of aryl methyl sites for hydroxylation is 1. The number of nitrogen functional groups attached to an aromatic ring is 1. The third-order valence-corrected chi connectivity index (χ3v) is 3.76. The normalized spacial score (nSPS) is 10.4. The first-order valence-corrected chi connectivity index (χ1v) is 8.23. The van der Waals surface area contributed by atoms with Crippen LogP contribution < -0.4 is 15.8 Å². The van der Waals surface area contributed by atoms with Crippen molar-refractivity contribution in [2.75, 3.05) is 11.1 Å². The third kappa shape index (κ3) is 4.07. The Labute approximate surface area is 143 Å². The standard InChI is InChI=1S/C21H22N2O/c1-2-6-16-15-20(24-19-11-9-17(22)10-12-19)13-14-21(16)23-18-7-4-3-5-8-18/h3-5,7-15,23H,2,6,22H2,1H3. The van der Waals surface area contributed by atoms with Crippen LogP contribution in [0.1, 0.15) is 18.9 Å². The molecule has 0 fully saturated rings. The molecule has 24 heavy (non-hydrogen) atoms. The SMILES string of the molecule is CCCc1cc(Oc2ccc(N)cc2)ccc1Nc1ccccc1. The molecule has 0 unspecified atom stereocenters. The van der Waals surface area contributed by atoms with E-state index in [1.165, 1.54) is 5.56 Å². The minimum atomic E-state index is 0.733. The highest BCUT2D eigenvalue weighted by Gasteiger charge is 2.06. The van der Waals surface area contributed by atoms with Crippen molar-refractivity contribution in [1.82, 2.24) is 0 Å². The number of hydrogen-bond donors (Lipinski definition) is 2. The largest absolute Gasteiger partial charge is 0.457 e. The molecule has 0 radical (unpaired) electrons. The fourth-order valence-corrected chi connectivity index (χ4v) is 2.58. The molecule has 0 aliphatic heterocycles. The summed E-state index contributed by atoms with van der Waals surface area (Å²) in [7, 11) is 0. The van der Waals surface area contributed by atoms with Gasteiger partial charge in [-0.1, -0.05) is 31.5 Å². The number of hydrogen-bond acceptors (Lipinski definition) is 3. The number of nitrogens with two attached hydrogens (primary N) is 1. The zero-order chi connectivity index (χ0) is 16.8. The van der Waals surface area contributed by atoms with Crippen LogP contribution in [0.4, 0.5) is 17.1 Å². The third-order valence-electron chi connectivity index (χ3n) is 3.76. The van der Waals surface area contributed by atoms with E-state index in [2.05, 4.69) is 36.5 Å². The van der Waals surface area contributed by atoms with Crippen molar-refractivity contribution >= 4 is 17.1 Å². The summed E-state index contributed by atoms with van der Waals surface area (Å²) in [5.74, 6) is 1.62. The second-order valence-corrected chi connectivity index (χ2v) is 5.73. The van der Waals surface area contributed by atoms with Crippen molar-refractivity contribution < 1.29 is 4.74 Å². The summed E-state index contributed by atoms with van der Waals surface area (Å²) in [6, 6.07) is 23.8. The summed E-state index contributed by atoms with van der Waals surface area (Å²) in [5.41, 5.74) is 9.89. The van der Waals surface area contributed by atoms with E-state index in [9.17, 15) is 0 Å². The molecule has 0 bridgehead atoms. The lowest BCUT2D eigenvalue weighted by Gasteiger charge is -2.14. The van der Waals surface area contributed by atoms with Crippen molar-refractivity contribution in [3.05, 3.63) is 78.4 Å². The van der Waals surface area contributed by atoms with E-state index >= 15 is 0 Å². The lowest BCUT2D eigenvalue weighted by molar-refractivity contribution is 0.482. The van der Waals surface area contributed by atoms with Gasteiger partial charge < -0.3 is 15.8 Å². The summed E-state index contributed by atoms with van der Waals surface area (Å²) < 4.78 is 5.94. The Hall–Kier alpha value is -2.94. The average Bonchev–Trinajstić information content (AvgIpc) is 2.60. The van der Waals surface area contributed by atoms with Crippen LogP contribution >= 0.6 is 0 Å². The number of nitrogens with one attached hydrogen (secondary N) is 1. The molecule has 3 rings (SSSR count). The van der Waals surface area contributed by atoms with Crippen LogP contribution in [-0.2, 0) is 6.42 Å². The van der Waals surface area contributed by atoms with Gasteiger partial charge in [-0.25, -0.2) is 0 Å². The Morgan fingerprint density at radius 2 is 1.58 bits per heavy atom. The first-order valence-electron chi connectivity index (χ1n) is 8.23. The van der Waals surface area contributed by atoms with Gasteiger partial charge in [0.25, 0.3) is 0 Å². The quantitative estimate of drug-likeness (QED) is 0.568. The van der Waals surface area contributed by atoms with E-state index in [4.69, 9.17) is 10.5 Å². The predicted octanol–water partition coefficient (Wildman–Crippen LogP) is 5.76. The molecule has 122 valence electrons. The van der Waals surface area contributed by atoms with Crippen LogP contribution in [-0.4, -0.2) is 0 Å². The number of ether oxygens (including phenoxy) is 1. The second-order valence-electron chi connectivity index (χ2n) is 5.73. The molecule has 3 N–H and O–H groups in total. The maximum Gasteiger partial charge on any atom is 0.127 e. The fraction of sp³-hybridized carbons (Fsp3) is 0.143. The van der Waals surface area contributed by atoms with E-state index in [0.717, 1.165) is 41.4 Å². The van der Waals surface area contributed by atoms with E-state index in [0.29, 0.717) is 0 Å². The number of para-hydroxylation sites is 1. The molecular formula is C21H22N2O. The minimum absolute atomic E-state index is 0.733. The van der Waals surface area contributed by atoms with Gasteiger partial charge in [0.1, 0.15) is 11.5 Å². The van der Waals surface area contributed by atoms with E-state index in [1.807, 2.05) is 48.5 Å². The summed E-state index contributed by atoms with van der Waals surface area (Å²) in [6.45, 7) is 2.18. The Balaban J connectivity index is 1.82. The fourth-order valence-electron chi connectivity index (χ4n) is 2.58. The number of benzene rings is 3. The van der Waals surface area contributed by atoms with Gasteiger partial charge in [0, 0.05) is 17.1 Å². The predicted molar refractivity (Wildman–Crippen MR) is 101 cm³/mol. The van der Waals surface area contributed by atoms with Crippen LogP contribution in [0.5, 0.6) is 11.5 Å². The van der Waals surface area contributed by atoms with Gasteiger partial charge in [-0.15, -0.1) is 0 Å². The maximum atomic E-state index is 5.94. The monoisotopic (exact) mass is 318 g/mol. The molecule has 3 nitrogen and oxygen atoms in total. The lowest BCUT2D eigenvalue weighted by Crippen LogP contribution is -1.97. The molecule has 0 atom stereocenters. The summed E-state index contributed by atoms with van der Waals surface area (Å²) in [6.07, 6.45) is 2.07. The molecule has 0 aromatic heterocycles. The highest BCUT2D eigenvalue weighted by atomic mass is 16.5. The van der Waals surface area contributed by atoms with Crippen molar-refractivity contribution in [1.29, 1.82) is 0 Å². The zero-order valence-electron chi connectivity index (χ0n) is 13.8. The molecule has 0 saturated carbocycles. The molecule has 3 aromatic carbocycles. The van der Waals surface area contributed by atoms with Gasteiger partial charge in [-0.2, -0.15) is 0 Å². The van der Waals surface area contributed by atoms with E-state index in [1.54, 1.807) is 0 Å². The van der Waals surface area contributed by atoms with E-state index < -0.39 is 0 Å². The van der Waals surface area contributed by atoms with Crippen LogP contribution in [0.2, 0.25) is 0 Å². The number of anilines is 3. The molecular weight excluding hydrogens is 296 g/mol. The van der Waals surface area contributed by atoms with E-state index in [-0.39, 0.29) is 0 Å². The first-order chi connectivity index (χ1) is 11.7. The topological polar surface area (TPSA) is 47.3 Å². The molecule has 0 saturated heterocycles. The van der Waals surface area contributed by atoms with Crippen molar-refractivity contribution in [2.45, 2.75) is 19.8 Å². The molecule has 0 aliphatic carbocycles. The maximum absolute atomic E-state index is 5.94. The smallest absolute Gasteiger partial charge is 0.127 e. The van der Waals surface area contributed by atoms with Crippen LogP contribution in [0.15, 0.2) is 72.8 Å². The summed E-state index contributed by atoms with van der Waals surface area (Å²) in [5, 5.41) is 3.48. The second kappa shape index (κ2) is 7.55. The van der Waals surface area contributed by atoms with Crippen molar-refractivity contribution in [3.8, 4) is 11.5 Å². The first kappa shape index (κ1) is 15.9. The molecule has 3 heteroatoms. The zero-order valence-corrected chi connectivity index (χ0v) is 13.8. The van der Waals surface area contributed by atoms with Gasteiger partial charge >= 0.3 is 0 Å². The summed E-state index contributed by atoms with van der Waals surface area (Å²) >= 11 is 0. The number of rotatable bonds is 6. The van der Waals surface area contributed by atoms with Gasteiger partial charge in [0.05, 0.1) is 0 Å². The minimum Gasteiger partial charge on any atom is -0.457 e. The van der Waals surface area contributed by atoms with Gasteiger partial charge in [0.15, 0.2) is 0 Å². The lowest BCUT2D eigenvalue weighted by atomic mass is 10.1. The van der Waals surface area contributed by atoms with Crippen LogP contribution in [0.25, 0.3) is 0 Å². The van der Waals surface area contributed by atoms with Crippen molar-refractivity contribution in [2.24, 2.45) is 0 Å². The Morgan fingerprint density at radius 3 is 2.29 bits per heavy atom. The van der Waals surface area contributed by atoms with Crippen molar-refractivity contribution in [3.63, 3.8) is 0 Å². The van der Waals surface area contributed by atoms with Gasteiger partial charge in [-0.05, 0) is 66.6 Å². The van der Waals surface area contributed by atoms with Gasteiger partial charge in [-0.3, -0.25) is 0 Å². The van der Waals surface area contributed by atoms with Crippen LogP contribution in [0, 0.1) is 0 Å². The molecule has 3 aromatic rings. The highest BCUT2D eigenvalue weighted by molar-refractivity contribution is 5.64. The Kier molecular flexibility index (Phi) is 5.02. The summed E-state index contributed by atoms with van der Waals surface area (Å²) in [4.78, 5) is 0. The molecule has 0 heterocycles. The van der Waals surface area contributed by atoms with Gasteiger partial charge in [0.2, 0.25) is 0 Å². The Morgan fingerprint density at radius 1 is 0.875 bits per heavy atom. The molecule has 0 aliphatic rings.